The molecule has 114 valence electrons. The molecule has 0 heterocycles. The standard InChI is InChI=1S/C15H12BrNO5/c1-9(18)10-2-4-15(13(19)7-10)22-14-5-3-12(17(20)21)6-11(14)8-16/h2-7,19H,8H2,1H3. The van der Waals surface area contributed by atoms with Crippen LogP contribution in [-0.2, 0) is 5.33 Å². The maximum Gasteiger partial charge on any atom is 0.270 e. The first kappa shape index (κ1) is 16.0. The molecule has 0 saturated carbocycles. The van der Waals surface area contributed by atoms with Crippen molar-refractivity contribution in [2.75, 3.05) is 0 Å². The SMILES string of the molecule is CC(=O)c1ccc(Oc2ccc([N+](=O)[O-])cc2CBr)c(O)c1. The van der Waals surface area contributed by atoms with E-state index >= 15 is 0 Å². The summed E-state index contributed by atoms with van der Waals surface area (Å²) in [4.78, 5) is 21.5. The summed E-state index contributed by atoms with van der Waals surface area (Å²) in [6.07, 6.45) is 0. The Morgan fingerprint density at radius 1 is 1.27 bits per heavy atom. The average Bonchev–Trinajstić information content (AvgIpc) is 2.49. The van der Waals surface area contributed by atoms with Crippen molar-refractivity contribution in [1.82, 2.24) is 0 Å². The Labute approximate surface area is 134 Å². The van der Waals surface area contributed by atoms with Crippen LogP contribution in [0.3, 0.4) is 0 Å². The van der Waals surface area contributed by atoms with Crippen LogP contribution in [0.2, 0.25) is 0 Å². The first-order chi connectivity index (χ1) is 10.4. The second-order valence-electron chi connectivity index (χ2n) is 4.52. The number of benzene rings is 2. The largest absolute Gasteiger partial charge is 0.504 e. The number of Topliss-reactive ketones (excluding diaryl/α,β-unsaturated/α-hetero) is 1. The number of phenols is 1. The first-order valence-electron chi connectivity index (χ1n) is 6.27. The molecule has 0 amide bonds. The number of halogens is 1. The van der Waals surface area contributed by atoms with E-state index in [9.17, 15) is 20.0 Å². The third kappa shape index (κ3) is 3.43. The van der Waals surface area contributed by atoms with Gasteiger partial charge >= 0.3 is 0 Å². The normalized spacial score (nSPS) is 10.3. The molecule has 0 fully saturated rings. The molecule has 0 aliphatic heterocycles. The van der Waals surface area contributed by atoms with Crippen LogP contribution < -0.4 is 4.74 Å². The molecule has 2 aromatic carbocycles. The van der Waals surface area contributed by atoms with Crippen molar-refractivity contribution in [1.29, 1.82) is 0 Å². The number of phenolic OH excluding ortho intramolecular Hbond substituents is 1. The van der Waals surface area contributed by atoms with Crippen molar-refractivity contribution < 1.29 is 19.6 Å². The maximum absolute atomic E-state index is 11.2. The first-order valence-corrected chi connectivity index (χ1v) is 7.39. The minimum atomic E-state index is -0.491. The fourth-order valence-corrected chi connectivity index (χ4v) is 2.26. The minimum Gasteiger partial charge on any atom is -0.504 e. The second-order valence-corrected chi connectivity index (χ2v) is 5.08. The second kappa shape index (κ2) is 6.57. The van der Waals surface area contributed by atoms with Gasteiger partial charge in [-0.05, 0) is 31.2 Å². The average molecular weight is 366 g/mol. The molecule has 0 bridgehead atoms. The molecule has 0 aliphatic rings. The van der Waals surface area contributed by atoms with Gasteiger partial charge in [0.15, 0.2) is 17.3 Å². The number of nitrogens with zero attached hydrogens (tertiary/aromatic N) is 1. The van der Waals surface area contributed by atoms with Crippen LogP contribution in [-0.4, -0.2) is 15.8 Å². The highest BCUT2D eigenvalue weighted by Crippen LogP contribution is 2.35. The lowest BCUT2D eigenvalue weighted by molar-refractivity contribution is -0.384. The van der Waals surface area contributed by atoms with Crippen LogP contribution in [0.4, 0.5) is 5.69 Å². The molecule has 6 nitrogen and oxygen atoms in total. The lowest BCUT2D eigenvalue weighted by atomic mass is 10.1. The number of nitro groups is 1. The number of carbonyl (C=O) groups is 1. The number of nitro benzene ring substituents is 1. The lowest BCUT2D eigenvalue weighted by Crippen LogP contribution is -1.95. The molecule has 7 heteroatoms. The van der Waals surface area contributed by atoms with Crippen LogP contribution in [0.15, 0.2) is 36.4 Å². The molecule has 0 saturated heterocycles. The summed E-state index contributed by atoms with van der Waals surface area (Å²) in [6.45, 7) is 1.40. The van der Waals surface area contributed by atoms with E-state index in [1.54, 1.807) is 0 Å². The Bertz CT molecular complexity index is 745. The third-order valence-electron chi connectivity index (χ3n) is 2.98. The molecule has 0 aliphatic carbocycles. The summed E-state index contributed by atoms with van der Waals surface area (Å²) in [5.41, 5.74) is 0.899. The van der Waals surface area contributed by atoms with Crippen molar-refractivity contribution in [3.05, 3.63) is 57.6 Å². The fraction of sp³-hybridized carbons (Fsp3) is 0.133. The minimum absolute atomic E-state index is 0.0436. The Hall–Kier alpha value is -2.41. The zero-order valence-corrected chi connectivity index (χ0v) is 13.2. The van der Waals surface area contributed by atoms with Crippen molar-refractivity contribution in [2.24, 2.45) is 0 Å². The van der Waals surface area contributed by atoms with Gasteiger partial charge in [0, 0.05) is 28.6 Å². The van der Waals surface area contributed by atoms with Gasteiger partial charge in [-0.2, -0.15) is 0 Å². The summed E-state index contributed by atoms with van der Waals surface area (Å²) in [6, 6.07) is 8.51. The Morgan fingerprint density at radius 2 is 1.95 bits per heavy atom. The molecule has 0 spiro atoms. The van der Waals surface area contributed by atoms with E-state index < -0.39 is 4.92 Å². The molecular weight excluding hydrogens is 354 g/mol. The van der Waals surface area contributed by atoms with Gasteiger partial charge in [-0.3, -0.25) is 14.9 Å². The third-order valence-corrected chi connectivity index (χ3v) is 3.59. The molecule has 0 radical (unpaired) electrons. The number of ketones is 1. The van der Waals surface area contributed by atoms with E-state index in [4.69, 9.17) is 4.74 Å². The number of rotatable bonds is 5. The highest BCUT2D eigenvalue weighted by atomic mass is 79.9. The molecule has 2 rings (SSSR count). The molecular formula is C15H12BrNO5. The zero-order chi connectivity index (χ0) is 16.3. The van der Waals surface area contributed by atoms with Crippen molar-refractivity contribution >= 4 is 27.4 Å². The van der Waals surface area contributed by atoms with Crippen molar-refractivity contribution in [3.8, 4) is 17.2 Å². The Morgan fingerprint density at radius 3 is 2.50 bits per heavy atom. The number of hydrogen-bond donors (Lipinski definition) is 1. The number of ether oxygens (including phenoxy) is 1. The monoisotopic (exact) mass is 365 g/mol. The molecule has 0 aromatic heterocycles. The highest BCUT2D eigenvalue weighted by Gasteiger charge is 2.14. The Balaban J connectivity index is 2.34. The van der Waals surface area contributed by atoms with Crippen LogP contribution in [0.5, 0.6) is 17.2 Å². The van der Waals surface area contributed by atoms with E-state index in [1.165, 1.54) is 43.3 Å². The van der Waals surface area contributed by atoms with Gasteiger partial charge in [0.05, 0.1) is 4.92 Å². The van der Waals surface area contributed by atoms with E-state index in [-0.39, 0.29) is 23.0 Å². The van der Waals surface area contributed by atoms with Gasteiger partial charge in [0.2, 0.25) is 0 Å². The van der Waals surface area contributed by atoms with E-state index in [0.717, 1.165) is 0 Å². The van der Waals surface area contributed by atoms with E-state index in [0.29, 0.717) is 22.2 Å². The molecule has 22 heavy (non-hydrogen) atoms. The summed E-state index contributed by atoms with van der Waals surface area (Å²) in [5.74, 6) is 0.208. The summed E-state index contributed by atoms with van der Waals surface area (Å²) in [5, 5.41) is 21.0. The van der Waals surface area contributed by atoms with E-state index in [1.807, 2.05) is 0 Å². The van der Waals surface area contributed by atoms with Crippen LogP contribution in [0, 0.1) is 10.1 Å². The highest BCUT2D eigenvalue weighted by molar-refractivity contribution is 9.08. The number of alkyl halides is 1. The zero-order valence-electron chi connectivity index (χ0n) is 11.6. The molecule has 0 atom stereocenters. The fourth-order valence-electron chi connectivity index (χ4n) is 1.82. The number of non-ortho nitro benzene ring substituents is 1. The van der Waals surface area contributed by atoms with Crippen molar-refractivity contribution in [2.45, 2.75) is 12.3 Å². The van der Waals surface area contributed by atoms with Gasteiger partial charge < -0.3 is 9.84 Å². The van der Waals surface area contributed by atoms with Crippen LogP contribution >= 0.6 is 15.9 Å². The quantitative estimate of drug-likeness (QED) is 0.371. The van der Waals surface area contributed by atoms with Gasteiger partial charge in [-0.1, -0.05) is 15.9 Å². The predicted octanol–water partition coefficient (Wildman–Crippen LogP) is 4.19. The maximum atomic E-state index is 11.2. The smallest absolute Gasteiger partial charge is 0.270 e. The molecule has 1 N–H and O–H groups in total. The number of hydrogen-bond acceptors (Lipinski definition) is 5. The van der Waals surface area contributed by atoms with Crippen LogP contribution in [0.25, 0.3) is 0 Å². The number of aromatic hydroxyl groups is 1. The number of carbonyl (C=O) groups excluding carboxylic acids is 1. The van der Waals surface area contributed by atoms with Gasteiger partial charge in [0.1, 0.15) is 5.75 Å². The Kier molecular flexibility index (Phi) is 4.77. The van der Waals surface area contributed by atoms with Gasteiger partial charge in [-0.15, -0.1) is 0 Å². The van der Waals surface area contributed by atoms with Crippen molar-refractivity contribution in [3.63, 3.8) is 0 Å². The molecule has 2 aromatic rings. The topological polar surface area (TPSA) is 89.7 Å². The summed E-state index contributed by atoms with van der Waals surface area (Å²) in [7, 11) is 0. The summed E-state index contributed by atoms with van der Waals surface area (Å²) >= 11 is 3.24. The van der Waals surface area contributed by atoms with Crippen LogP contribution in [0.1, 0.15) is 22.8 Å². The van der Waals surface area contributed by atoms with Gasteiger partial charge in [-0.25, -0.2) is 0 Å². The molecule has 0 unspecified atom stereocenters. The van der Waals surface area contributed by atoms with Gasteiger partial charge in [0.25, 0.3) is 5.69 Å². The predicted molar refractivity (Wildman–Crippen MR) is 83.9 cm³/mol. The summed E-state index contributed by atoms with van der Waals surface area (Å²) < 4.78 is 5.59. The lowest BCUT2D eigenvalue weighted by Gasteiger charge is -2.11. The van der Waals surface area contributed by atoms with E-state index in [2.05, 4.69) is 15.9 Å².